The van der Waals surface area contributed by atoms with Crippen molar-refractivity contribution in [1.29, 1.82) is 5.26 Å². The number of aryl methyl sites for hydroxylation is 2. The van der Waals surface area contributed by atoms with Gasteiger partial charge in [-0.1, -0.05) is 24.3 Å². The molecule has 1 N–H and O–H groups in total. The van der Waals surface area contributed by atoms with Crippen molar-refractivity contribution in [3.05, 3.63) is 59.2 Å². The van der Waals surface area contributed by atoms with Gasteiger partial charge in [-0.05, 0) is 43.2 Å². The van der Waals surface area contributed by atoms with Crippen molar-refractivity contribution in [2.45, 2.75) is 18.7 Å². The summed E-state index contributed by atoms with van der Waals surface area (Å²) in [5.41, 5.74) is 2.23. The number of rotatable bonds is 3. The van der Waals surface area contributed by atoms with Gasteiger partial charge in [0.05, 0.1) is 16.1 Å². The van der Waals surface area contributed by atoms with E-state index in [0.29, 0.717) is 11.3 Å². The molecular formula is C15H14N2O2S. The Hall–Kier alpha value is -2.32. The van der Waals surface area contributed by atoms with Crippen LogP contribution in [-0.2, 0) is 10.0 Å². The predicted molar refractivity (Wildman–Crippen MR) is 77.9 cm³/mol. The zero-order valence-electron chi connectivity index (χ0n) is 11.2. The van der Waals surface area contributed by atoms with Gasteiger partial charge in [-0.15, -0.1) is 0 Å². The first-order valence-corrected chi connectivity index (χ1v) is 7.51. The highest BCUT2D eigenvalue weighted by molar-refractivity contribution is 7.92. The number of anilines is 1. The maximum atomic E-state index is 12.3. The van der Waals surface area contributed by atoms with E-state index in [1.807, 2.05) is 19.1 Å². The Balaban J connectivity index is 2.45. The van der Waals surface area contributed by atoms with Gasteiger partial charge in [0, 0.05) is 0 Å². The van der Waals surface area contributed by atoms with E-state index in [-0.39, 0.29) is 4.90 Å². The van der Waals surface area contributed by atoms with Crippen LogP contribution in [0.15, 0.2) is 47.4 Å². The lowest BCUT2D eigenvalue weighted by Gasteiger charge is -2.11. The van der Waals surface area contributed by atoms with Crippen LogP contribution in [0.5, 0.6) is 0 Å². The Labute approximate surface area is 118 Å². The summed E-state index contributed by atoms with van der Waals surface area (Å²) in [6.45, 7) is 3.59. The van der Waals surface area contributed by atoms with E-state index in [1.165, 1.54) is 6.07 Å². The molecule has 0 spiro atoms. The summed E-state index contributed by atoms with van der Waals surface area (Å²) in [5, 5.41) is 9.13. The highest BCUT2D eigenvalue weighted by atomic mass is 32.2. The minimum atomic E-state index is -3.69. The molecule has 0 amide bonds. The van der Waals surface area contributed by atoms with Gasteiger partial charge in [-0.3, -0.25) is 4.72 Å². The van der Waals surface area contributed by atoms with Gasteiger partial charge in [0.15, 0.2) is 0 Å². The first-order chi connectivity index (χ1) is 9.44. The molecule has 2 aromatic rings. The van der Waals surface area contributed by atoms with Crippen LogP contribution in [0.2, 0.25) is 0 Å². The second-order valence-electron chi connectivity index (χ2n) is 4.53. The maximum absolute atomic E-state index is 12.3. The Kier molecular flexibility index (Phi) is 3.77. The molecule has 0 radical (unpaired) electrons. The van der Waals surface area contributed by atoms with Gasteiger partial charge in [0.25, 0.3) is 10.0 Å². The Morgan fingerprint density at radius 2 is 1.80 bits per heavy atom. The van der Waals surface area contributed by atoms with Crippen molar-refractivity contribution in [2.24, 2.45) is 0 Å². The molecule has 2 aromatic carbocycles. The largest absolute Gasteiger partial charge is 0.278 e. The smallest absolute Gasteiger partial charge is 0.261 e. The third kappa shape index (κ3) is 2.81. The minimum Gasteiger partial charge on any atom is -0.278 e. The molecule has 5 heteroatoms. The van der Waals surface area contributed by atoms with Crippen LogP contribution in [0.4, 0.5) is 5.69 Å². The summed E-state index contributed by atoms with van der Waals surface area (Å²) in [6, 6.07) is 13.7. The lowest BCUT2D eigenvalue weighted by atomic mass is 10.1. The topological polar surface area (TPSA) is 70.0 Å². The second-order valence-corrected chi connectivity index (χ2v) is 6.21. The van der Waals surface area contributed by atoms with Gasteiger partial charge >= 0.3 is 0 Å². The summed E-state index contributed by atoms with van der Waals surface area (Å²) in [5.74, 6) is 0. The Morgan fingerprint density at radius 1 is 1.10 bits per heavy atom. The van der Waals surface area contributed by atoms with Crippen LogP contribution in [0.3, 0.4) is 0 Å². The Morgan fingerprint density at radius 3 is 2.45 bits per heavy atom. The molecule has 2 rings (SSSR count). The zero-order chi connectivity index (χ0) is 14.8. The molecule has 20 heavy (non-hydrogen) atoms. The van der Waals surface area contributed by atoms with Crippen molar-refractivity contribution in [2.75, 3.05) is 4.72 Å². The van der Waals surface area contributed by atoms with Gasteiger partial charge in [-0.2, -0.15) is 5.26 Å². The average Bonchev–Trinajstić information content (AvgIpc) is 2.38. The normalized spacial score (nSPS) is 10.8. The van der Waals surface area contributed by atoms with Crippen molar-refractivity contribution in [3.8, 4) is 6.07 Å². The van der Waals surface area contributed by atoms with Crippen molar-refractivity contribution in [3.63, 3.8) is 0 Å². The number of nitrogens with one attached hydrogen (secondary N) is 1. The molecule has 4 nitrogen and oxygen atoms in total. The van der Waals surface area contributed by atoms with Gasteiger partial charge in [0.1, 0.15) is 6.07 Å². The van der Waals surface area contributed by atoms with Gasteiger partial charge in [0.2, 0.25) is 0 Å². The predicted octanol–water partition coefficient (Wildman–Crippen LogP) is 2.98. The fraction of sp³-hybridized carbons (Fsp3) is 0.133. The number of hydrogen-bond donors (Lipinski definition) is 1. The van der Waals surface area contributed by atoms with E-state index in [2.05, 4.69) is 4.72 Å². The molecule has 0 heterocycles. The van der Waals surface area contributed by atoms with E-state index >= 15 is 0 Å². The molecule has 0 aromatic heterocycles. The minimum absolute atomic E-state index is 0.183. The fourth-order valence-corrected chi connectivity index (χ4v) is 3.06. The number of nitrogens with zero attached hydrogens (tertiary/aromatic N) is 1. The lowest BCUT2D eigenvalue weighted by Crippen LogP contribution is -2.14. The molecular weight excluding hydrogens is 272 g/mol. The summed E-state index contributed by atoms with van der Waals surface area (Å²) in [6.07, 6.45) is 0. The van der Waals surface area contributed by atoms with E-state index in [4.69, 9.17) is 5.26 Å². The fourth-order valence-electron chi connectivity index (χ4n) is 1.89. The van der Waals surface area contributed by atoms with Crippen molar-refractivity contribution < 1.29 is 8.42 Å². The number of nitriles is 1. The molecule has 0 aliphatic carbocycles. The lowest BCUT2D eigenvalue weighted by molar-refractivity contribution is 0.601. The number of benzene rings is 2. The molecule has 0 bridgehead atoms. The van der Waals surface area contributed by atoms with E-state index in [1.54, 1.807) is 37.3 Å². The molecule has 0 fully saturated rings. The molecule has 102 valence electrons. The summed E-state index contributed by atoms with van der Waals surface area (Å²) < 4.78 is 27.1. The average molecular weight is 286 g/mol. The van der Waals surface area contributed by atoms with E-state index in [0.717, 1.165) is 11.1 Å². The molecule has 0 aliphatic heterocycles. The number of sulfonamides is 1. The van der Waals surface area contributed by atoms with E-state index in [9.17, 15) is 8.42 Å². The van der Waals surface area contributed by atoms with Crippen molar-refractivity contribution >= 4 is 15.7 Å². The SMILES string of the molecule is Cc1cccc(S(=O)(=O)Nc2cccc(C)c2C#N)c1. The molecule has 0 aliphatic rings. The molecule has 0 saturated carbocycles. The monoisotopic (exact) mass is 286 g/mol. The second kappa shape index (κ2) is 5.35. The van der Waals surface area contributed by atoms with Crippen LogP contribution in [0, 0.1) is 25.2 Å². The maximum Gasteiger partial charge on any atom is 0.261 e. The first kappa shape index (κ1) is 14.1. The van der Waals surface area contributed by atoms with Crippen LogP contribution < -0.4 is 4.72 Å². The quantitative estimate of drug-likeness (QED) is 0.943. The van der Waals surface area contributed by atoms with Gasteiger partial charge in [-0.25, -0.2) is 8.42 Å². The first-order valence-electron chi connectivity index (χ1n) is 6.03. The third-order valence-electron chi connectivity index (χ3n) is 2.93. The van der Waals surface area contributed by atoms with E-state index < -0.39 is 10.0 Å². The molecule has 0 unspecified atom stereocenters. The van der Waals surface area contributed by atoms with Crippen LogP contribution in [-0.4, -0.2) is 8.42 Å². The number of hydrogen-bond acceptors (Lipinski definition) is 3. The van der Waals surface area contributed by atoms with Crippen LogP contribution in [0.1, 0.15) is 16.7 Å². The Bertz CT molecular complexity index is 790. The van der Waals surface area contributed by atoms with Crippen molar-refractivity contribution in [1.82, 2.24) is 0 Å². The summed E-state index contributed by atoms with van der Waals surface area (Å²) in [7, 11) is -3.69. The highest BCUT2D eigenvalue weighted by Gasteiger charge is 2.16. The zero-order valence-corrected chi connectivity index (χ0v) is 12.0. The standard InChI is InChI=1S/C15H14N2O2S/c1-11-5-3-7-13(9-11)20(18,19)17-15-8-4-6-12(2)14(15)10-16/h3-9,17H,1-2H3. The molecule has 0 saturated heterocycles. The molecule has 0 atom stereocenters. The van der Waals surface area contributed by atoms with Gasteiger partial charge < -0.3 is 0 Å². The van der Waals surface area contributed by atoms with Crippen LogP contribution in [0.25, 0.3) is 0 Å². The summed E-state index contributed by atoms with van der Waals surface area (Å²) in [4.78, 5) is 0.183. The van der Waals surface area contributed by atoms with Crippen LogP contribution >= 0.6 is 0 Å². The summed E-state index contributed by atoms with van der Waals surface area (Å²) >= 11 is 0. The highest BCUT2D eigenvalue weighted by Crippen LogP contribution is 2.22. The third-order valence-corrected chi connectivity index (χ3v) is 4.29.